The van der Waals surface area contributed by atoms with Gasteiger partial charge in [0.15, 0.2) is 5.82 Å². The number of amides is 1. The summed E-state index contributed by atoms with van der Waals surface area (Å²) in [6, 6.07) is 1.74. The fourth-order valence-electron chi connectivity index (χ4n) is 1.29. The second-order valence-electron chi connectivity index (χ2n) is 3.69. The maximum atomic E-state index is 11.8. The summed E-state index contributed by atoms with van der Waals surface area (Å²) in [6.45, 7) is 3.81. The number of carbonyl (C=O) groups excluding carboxylic acids is 1. The van der Waals surface area contributed by atoms with Gasteiger partial charge in [0, 0.05) is 19.3 Å². The van der Waals surface area contributed by atoms with Gasteiger partial charge in [0.2, 0.25) is 5.91 Å². The van der Waals surface area contributed by atoms with Gasteiger partial charge in [-0.3, -0.25) is 9.48 Å². The Morgan fingerprint density at radius 3 is 2.60 bits per heavy atom. The molecule has 0 aliphatic heterocycles. The van der Waals surface area contributed by atoms with Gasteiger partial charge in [-0.1, -0.05) is 13.8 Å². The van der Waals surface area contributed by atoms with Crippen LogP contribution in [-0.2, 0) is 11.8 Å². The van der Waals surface area contributed by atoms with Crippen molar-refractivity contribution in [3.8, 4) is 0 Å². The van der Waals surface area contributed by atoms with Crippen molar-refractivity contribution < 1.29 is 4.79 Å². The highest BCUT2D eigenvalue weighted by atomic mass is 16.2. The highest BCUT2D eigenvalue weighted by Crippen LogP contribution is 2.14. The van der Waals surface area contributed by atoms with Crippen molar-refractivity contribution in [3.63, 3.8) is 0 Å². The summed E-state index contributed by atoms with van der Waals surface area (Å²) in [4.78, 5) is 11.8. The molecule has 1 amide bonds. The minimum Gasteiger partial charge on any atom is -0.317 e. The molecule has 0 aliphatic carbocycles. The van der Waals surface area contributed by atoms with Gasteiger partial charge in [0.05, 0.1) is 5.54 Å². The van der Waals surface area contributed by atoms with Crippen LogP contribution in [0.1, 0.15) is 26.7 Å². The standard InChI is InChI=1S/C10H18N4O/c1-4-10(11,5-2)9(15)12-8-6-7-14(3)13-8/h6-7H,4-5,11H2,1-3H3,(H,12,13,15). The van der Waals surface area contributed by atoms with Crippen LogP contribution in [0.2, 0.25) is 0 Å². The van der Waals surface area contributed by atoms with Crippen LogP contribution < -0.4 is 11.1 Å². The molecular formula is C10H18N4O. The quantitative estimate of drug-likeness (QED) is 0.774. The first-order valence-electron chi connectivity index (χ1n) is 5.12. The van der Waals surface area contributed by atoms with Crippen molar-refractivity contribution in [1.82, 2.24) is 9.78 Å². The van der Waals surface area contributed by atoms with Crippen molar-refractivity contribution in [2.75, 3.05) is 5.32 Å². The Kier molecular flexibility index (Phi) is 3.47. The van der Waals surface area contributed by atoms with Crippen LogP contribution in [0.25, 0.3) is 0 Å². The lowest BCUT2D eigenvalue weighted by atomic mass is 9.93. The second kappa shape index (κ2) is 4.44. The molecule has 0 bridgehead atoms. The fourth-order valence-corrected chi connectivity index (χ4v) is 1.29. The van der Waals surface area contributed by atoms with E-state index in [1.165, 1.54) is 0 Å². The van der Waals surface area contributed by atoms with Gasteiger partial charge in [-0.2, -0.15) is 5.10 Å². The number of hydrogen-bond donors (Lipinski definition) is 2. The van der Waals surface area contributed by atoms with Crippen molar-refractivity contribution >= 4 is 11.7 Å². The average Bonchev–Trinajstić information content (AvgIpc) is 2.62. The number of aromatic nitrogens is 2. The maximum absolute atomic E-state index is 11.8. The first kappa shape index (κ1) is 11.7. The summed E-state index contributed by atoms with van der Waals surface area (Å²) in [5.41, 5.74) is 5.15. The number of nitrogens with two attached hydrogens (primary N) is 1. The van der Waals surface area contributed by atoms with E-state index >= 15 is 0 Å². The Morgan fingerprint density at radius 2 is 2.20 bits per heavy atom. The summed E-state index contributed by atoms with van der Waals surface area (Å²) < 4.78 is 1.63. The van der Waals surface area contributed by atoms with Gasteiger partial charge in [-0.15, -0.1) is 0 Å². The van der Waals surface area contributed by atoms with E-state index in [0.29, 0.717) is 18.7 Å². The van der Waals surface area contributed by atoms with Crippen LogP contribution >= 0.6 is 0 Å². The lowest BCUT2D eigenvalue weighted by Crippen LogP contribution is -2.50. The molecule has 0 aliphatic rings. The summed E-state index contributed by atoms with van der Waals surface area (Å²) in [7, 11) is 1.80. The highest BCUT2D eigenvalue weighted by Gasteiger charge is 2.30. The monoisotopic (exact) mass is 210 g/mol. The van der Waals surface area contributed by atoms with Gasteiger partial charge < -0.3 is 11.1 Å². The predicted octanol–water partition coefficient (Wildman–Crippen LogP) is 0.876. The molecule has 1 rings (SSSR count). The number of carbonyl (C=O) groups is 1. The van der Waals surface area contributed by atoms with E-state index in [1.54, 1.807) is 24.0 Å². The first-order valence-corrected chi connectivity index (χ1v) is 5.12. The number of hydrogen-bond acceptors (Lipinski definition) is 3. The first-order chi connectivity index (χ1) is 7.01. The van der Waals surface area contributed by atoms with E-state index in [9.17, 15) is 4.79 Å². The molecule has 5 heteroatoms. The SMILES string of the molecule is CCC(N)(CC)C(=O)Nc1ccn(C)n1. The molecule has 84 valence electrons. The second-order valence-corrected chi connectivity index (χ2v) is 3.69. The molecule has 0 fully saturated rings. The molecule has 1 aromatic heterocycles. The molecule has 0 saturated carbocycles. The van der Waals surface area contributed by atoms with Crippen LogP contribution in [0.3, 0.4) is 0 Å². The Hall–Kier alpha value is -1.36. The third kappa shape index (κ3) is 2.56. The summed E-state index contributed by atoms with van der Waals surface area (Å²) in [6.07, 6.45) is 3.00. The Balaban J connectivity index is 2.70. The molecule has 0 atom stereocenters. The molecule has 0 saturated heterocycles. The van der Waals surface area contributed by atoms with Crippen LogP contribution in [0, 0.1) is 0 Å². The van der Waals surface area contributed by atoms with Gasteiger partial charge in [-0.25, -0.2) is 0 Å². The molecule has 5 nitrogen and oxygen atoms in total. The van der Waals surface area contributed by atoms with Crippen LogP contribution in [0.4, 0.5) is 5.82 Å². The minimum atomic E-state index is -0.794. The van der Waals surface area contributed by atoms with E-state index in [2.05, 4.69) is 10.4 Å². The Labute approximate surface area is 89.6 Å². The van der Waals surface area contributed by atoms with E-state index in [1.807, 2.05) is 13.8 Å². The predicted molar refractivity (Wildman–Crippen MR) is 59.3 cm³/mol. The van der Waals surface area contributed by atoms with Crippen molar-refractivity contribution in [2.45, 2.75) is 32.2 Å². The van der Waals surface area contributed by atoms with Crippen molar-refractivity contribution in [2.24, 2.45) is 12.8 Å². The summed E-state index contributed by atoms with van der Waals surface area (Å²) in [5.74, 6) is 0.366. The number of rotatable bonds is 4. The van der Waals surface area contributed by atoms with Crippen LogP contribution in [-0.4, -0.2) is 21.2 Å². The zero-order chi connectivity index (χ0) is 11.5. The lowest BCUT2D eigenvalue weighted by molar-refractivity contribution is -0.121. The lowest BCUT2D eigenvalue weighted by Gasteiger charge is -2.24. The van der Waals surface area contributed by atoms with Crippen molar-refractivity contribution in [3.05, 3.63) is 12.3 Å². The molecule has 0 radical (unpaired) electrons. The molecule has 1 heterocycles. The maximum Gasteiger partial charge on any atom is 0.245 e. The van der Waals surface area contributed by atoms with Gasteiger partial charge in [0.1, 0.15) is 0 Å². The van der Waals surface area contributed by atoms with E-state index in [0.717, 1.165) is 0 Å². The normalized spacial score (nSPS) is 11.5. The third-order valence-corrected chi connectivity index (χ3v) is 2.67. The van der Waals surface area contributed by atoms with Crippen LogP contribution in [0.15, 0.2) is 12.3 Å². The average molecular weight is 210 g/mol. The molecule has 3 N–H and O–H groups in total. The minimum absolute atomic E-state index is 0.175. The molecule has 0 aromatic carbocycles. The zero-order valence-corrected chi connectivity index (χ0v) is 9.45. The highest BCUT2D eigenvalue weighted by molar-refractivity contribution is 5.97. The fraction of sp³-hybridized carbons (Fsp3) is 0.600. The van der Waals surface area contributed by atoms with E-state index in [-0.39, 0.29) is 5.91 Å². The molecule has 15 heavy (non-hydrogen) atoms. The number of aryl methyl sites for hydroxylation is 1. The number of nitrogens with zero attached hydrogens (tertiary/aromatic N) is 2. The Bertz CT molecular complexity index is 341. The van der Waals surface area contributed by atoms with E-state index < -0.39 is 5.54 Å². The smallest absolute Gasteiger partial charge is 0.245 e. The molecule has 0 spiro atoms. The number of nitrogens with one attached hydrogen (secondary N) is 1. The summed E-state index contributed by atoms with van der Waals surface area (Å²) >= 11 is 0. The molecular weight excluding hydrogens is 192 g/mol. The molecule has 1 aromatic rings. The third-order valence-electron chi connectivity index (χ3n) is 2.67. The van der Waals surface area contributed by atoms with E-state index in [4.69, 9.17) is 5.73 Å². The topological polar surface area (TPSA) is 72.9 Å². The van der Waals surface area contributed by atoms with Gasteiger partial charge in [-0.05, 0) is 12.8 Å². The number of anilines is 1. The van der Waals surface area contributed by atoms with Crippen LogP contribution in [0.5, 0.6) is 0 Å². The summed E-state index contributed by atoms with van der Waals surface area (Å²) in [5, 5.41) is 6.77. The molecule has 0 unspecified atom stereocenters. The van der Waals surface area contributed by atoms with Crippen molar-refractivity contribution in [1.29, 1.82) is 0 Å². The Morgan fingerprint density at radius 1 is 1.60 bits per heavy atom. The zero-order valence-electron chi connectivity index (χ0n) is 9.45. The van der Waals surface area contributed by atoms with Gasteiger partial charge in [0.25, 0.3) is 0 Å². The van der Waals surface area contributed by atoms with Gasteiger partial charge >= 0.3 is 0 Å². The largest absolute Gasteiger partial charge is 0.317 e.